The molecule has 5 rings (SSSR count). The number of Topliss-reactive ketones (excluding diaryl/α,β-unsaturated/α-hetero) is 1. The van der Waals surface area contributed by atoms with Crippen LogP contribution in [0.3, 0.4) is 0 Å². The van der Waals surface area contributed by atoms with Crippen LogP contribution in [0.5, 0.6) is 0 Å². The molecule has 176 valence electrons. The number of rotatable bonds is 5. The summed E-state index contributed by atoms with van der Waals surface area (Å²) < 4.78 is 0. The van der Waals surface area contributed by atoms with Gasteiger partial charge in [-0.3, -0.25) is 4.79 Å². The third kappa shape index (κ3) is 3.31. The number of benzene rings is 3. The van der Waals surface area contributed by atoms with Gasteiger partial charge in [-0.2, -0.15) is 0 Å². The molecule has 0 spiro atoms. The largest absolute Gasteiger partial charge is 0.299 e. The first-order valence-corrected chi connectivity index (χ1v) is 12.9. The lowest BCUT2D eigenvalue weighted by Crippen LogP contribution is -2.44. The fourth-order valence-corrected chi connectivity index (χ4v) is 7.14. The van der Waals surface area contributed by atoms with E-state index in [0.717, 1.165) is 19.3 Å². The summed E-state index contributed by atoms with van der Waals surface area (Å²) in [7, 11) is 0. The fourth-order valence-electron chi connectivity index (χ4n) is 7.14. The highest BCUT2D eigenvalue weighted by Crippen LogP contribution is 2.68. The van der Waals surface area contributed by atoms with Gasteiger partial charge >= 0.3 is 0 Å². The van der Waals surface area contributed by atoms with Gasteiger partial charge in [-0.15, -0.1) is 0 Å². The molecule has 0 N–H and O–H groups in total. The van der Waals surface area contributed by atoms with E-state index in [1.54, 1.807) is 0 Å². The molecule has 34 heavy (non-hydrogen) atoms. The number of carbonyl (C=O) groups excluding carboxylic acids is 1. The molecule has 2 unspecified atom stereocenters. The molecule has 0 aromatic heterocycles. The van der Waals surface area contributed by atoms with Crippen molar-refractivity contribution in [2.75, 3.05) is 0 Å². The molecule has 3 aromatic carbocycles. The van der Waals surface area contributed by atoms with Gasteiger partial charge in [0.05, 0.1) is 0 Å². The third-order valence-corrected chi connectivity index (χ3v) is 9.48. The van der Waals surface area contributed by atoms with Gasteiger partial charge in [0, 0.05) is 17.3 Å². The normalized spacial score (nSPS) is 23.9. The van der Waals surface area contributed by atoms with E-state index in [2.05, 4.69) is 120 Å². The average Bonchev–Trinajstić information content (AvgIpc) is 3.18. The van der Waals surface area contributed by atoms with Gasteiger partial charge in [0.15, 0.2) is 0 Å². The number of ketones is 1. The zero-order valence-corrected chi connectivity index (χ0v) is 21.4. The molecule has 0 aliphatic heterocycles. The van der Waals surface area contributed by atoms with E-state index in [1.807, 2.05) is 0 Å². The second-order valence-electron chi connectivity index (χ2n) is 12.3. The van der Waals surface area contributed by atoms with Gasteiger partial charge in [0.1, 0.15) is 5.78 Å². The SMILES string of the molecule is CC(C)(C)c1ccc(C(CC23CCC(CC2=O)C3(C)C)(c2ccccc2)c2ccccc2)cc1. The summed E-state index contributed by atoms with van der Waals surface area (Å²) in [5.41, 5.74) is 4.60. The highest BCUT2D eigenvalue weighted by molar-refractivity contribution is 5.90. The van der Waals surface area contributed by atoms with Gasteiger partial charge in [-0.25, -0.2) is 0 Å². The Morgan fingerprint density at radius 3 is 1.62 bits per heavy atom. The standard InChI is InChI=1S/C33H38O/c1-30(2,3)24-16-18-27(19-17-24)33(25-12-8-6-9-13-25,26-14-10-7-11-15-26)23-32-21-20-28(22-29(32)34)31(32,4)5/h6-19,28H,20-23H2,1-5H3. The Hall–Kier alpha value is -2.67. The van der Waals surface area contributed by atoms with Crippen molar-refractivity contribution in [3.05, 3.63) is 107 Å². The van der Waals surface area contributed by atoms with E-state index in [-0.39, 0.29) is 21.7 Å². The fraction of sp³-hybridized carbons (Fsp3) is 0.424. The van der Waals surface area contributed by atoms with Gasteiger partial charge in [0.25, 0.3) is 0 Å². The molecule has 0 radical (unpaired) electrons. The van der Waals surface area contributed by atoms with E-state index < -0.39 is 0 Å². The summed E-state index contributed by atoms with van der Waals surface area (Å²) in [5, 5.41) is 0. The Morgan fingerprint density at radius 2 is 1.21 bits per heavy atom. The summed E-state index contributed by atoms with van der Waals surface area (Å²) in [6.07, 6.45) is 3.74. The Kier molecular flexibility index (Phi) is 5.39. The average molecular weight is 451 g/mol. The molecule has 2 saturated carbocycles. The lowest BCUT2D eigenvalue weighted by atomic mass is 9.55. The van der Waals surface area contributed by atoms with E-state index in [0.29, 0.717) is 11.7 Å². The molecule has 0 saturated heterocycles. The van der Waals surface area contributed by atoms with Crippen LogP contribution in [0.4, 0.5) is 0 Å². The summed E-state index contributed by atoms with van der Waals surface area (Å²) in [6, 6.07) is 31.1. The van der Waals surface area contributed by atoms with Gasteiger partial charge in [0.2, 0.25) is 0 Å². The molecule has 0 amide bonds. The second-order valence-corrected chi connectivity index (χ2v) is 12.3. The molecular formula is C33H38O. The minimum Gasteiger partial charge on any atom is -0.299 e. The predicted molar refractivity (Wildman–Crippen MR) is 141 cm³/mol. The molecule has 0 heterocycles. The first kappa shape index (κ1) is 23.1. The van der Waals surface area contributed by atoms with Gasteiger partial charge in [-0.05, 0) is 58.3 Å². The molecule has 1 heteroatoms. The minimum absolute atomic E-state index is 0.0181. The summed E-state index contributed by atoms with van der Waals surface area (Å²) in [6.45, 7) is 11.5. The van der Waals surface area contributed by atoms with Crippen molar-refractivity contribution in [3.8, 4) is 0 Å². The van der Waals surface area contributed by atoms with E-state index in [9.17, 15) is 4.79 Å². The van der Waals surface area contributed by atoms with Crippen LogP contribution in [0.25, 0.3) is 0 Å². The van der Waals surface area contributed by atoms with Gasteiger partial charge < -0.3 is 0 Å². The van der Waals surface area contributed by atoms with Crippen LogP contribution < -0.4 is 0 Å². The van der Waals surface area contributed by atoms with Crippen molar-refractivity contribution in [2.24, 2.45) is 16.7 Å². The topological polar surface area (TPSA) is 17.1 Å². The first-order chi connectivity index (χ1) is 16.1. The van der Waals surface area contributed by atoms with Crippen LogP contribution in [0.2, 0.25) is 0 Å². The van der Waals surface area contributed by atoms with Crippen LogP contribution in [0, 0.1) is 16.7 Å². The zero-order chi connectivity index (χ0) is 24.2. The quantitative estimate of drug-likeness (QED) is 0.359. The molecule has 2 bridgehead atoms. The molecule has 2 aliphatic carbocycles. The Morgan fingerprint density at radius 1 is 0.735 bits per heavy atom. The van der Waals surface area contributed by atoms with Crippen molar-refractivity contribution in [1.29, 1.82) is 0 Å². The zero-order valence-electron chi connectivity index (χ0n) is 21.4. The molecule has 1 nitrogen and oxygen atoms in total. The molecule has 2 aliphatic rings. The lowest BCUT2D eigenvalue weighted by Gasteiger charge is -2.46. The molecule has 2 fully saturated rings. The summed E-state index contributed by atoms with van der Waals surface area (Å²) in [4.78, 5) is 13.7. The van der Waals surface area contributed by atoms with Crippen molar-refractivity contribution in [2.45, 2.75) is 71.1 Å². The Balaban J connectivity index is 1.78. The number of carbonyl (C=O) groups is 1. The first-order valence-electron chi connectivity index (χ1n) is 12.9. The highest BCUT2D eigenvalue weighted by atomic mass is 16.1. The molecular weight excluding hydrogens is 412 g/mol. The number of fused-ring (bicyclic) bond motifs is 2. The third-order valence-electron chi connectivity index (χ3n) is 9.48. The Labute approximate surface area is 205 Å². The van der Waals surface area contributed by atoms with Gasteiger partial charge in [-0.1, -0.05) is 120 Å². The van der Waals surface area contributed by atoms with Crippen LogP contribution in [-0.4, -0.2) is 5.78 Å². The summed E-state index contributed by atoms with van der Waals surface area (Å²) in [5.74, 6) is 0.990. The predicted octanol–water partition coefficient (Wildman–Crippen LogP) is 8.10. The number of hydrogen-bond acceptors (Lipinski definition) is 1. The maximum absolute atomic E-state index is 13.7. The lowest BCUT2D eigenvalue weighted by molar-refractivity contribution is -0.130. The van der Waals surface area contributed by atoms with Crippen LogP contribution >= 0.6 is 0 Å². The van der Waals surface area contributed by atoms with Crippen LogP contribution in [0.15, 0.2) is 84.9 Å². The van der Waals surface area contributed by atoms with E-state index in [4.69, 9.17) is 0 Å². The maximum Gasteiger partial charge on any atom is 0.139 e. The van der Waals surface area contributed by atoms with Crippen LogP contribution in [-0.2, 0) is 15.6 Å². The molecule has 3 aromatic rings. The molecule has 2 atom stereocenters. The van der Waals surface area contributed by atoms with Crippen molar-refractivity contribution in [3.63, 3.8) is 0 Å². The smallest absolute Gasteiger partial charge is 0.139 e. The summed E-state index contributed by atoms with van der Waals surface area (Å²) >= 11 is 0. The number of hydrogen-bond donors (Lipinski definition) is 0. The highest BCUT2D eigenvalue weighted by Gasteiger charge is 2.66. The monoisotopic (exact) mass is 450 g/mol. The van der Waals surface area contributed by atoms with Crippen molar-refractivity contribution < 1.29 is 4.79 Å². The van der Waals surface area contributed by atoms with Crippen molar-refractivity contribution >= 4 is 5.78 Å². The maximum atomic E-state index is 13.7. The minimum atomic E-state index is -0.384. The van der Waals surface area contributed by atoms with Crippen LogP contribution in [0.1, 0.15) is 82.6 Å². The Bertz CT molecular complexity index is 1130. The second kappa shape index (κ2) is 7.94. The van der Waals surface area contributed by atoms with Crippen molar-refractivity contribution in [1.82, 2.24) is 0 Å². The van der Waals surface area contributed by atoms with E-state index >= 15 is 0 Å². The van der Waals surface area contributed by atoms with E-state index in [1.165, 1.54) is 28.7 Å².